The molecular weight excluding hydrogens is 264 g/mol. The molecule has 4 nitrogen and oxygen atoms in total. The van der Waals surface area contributed by atoms with Crippen molar-refractivity contribution in [1.82, 2.24) is 10.2 Å². The summed E-state index contributed by atoms with van der Waals surface area (Å²) in [6.07, 6.45) is 8.06. The van der Waals surface area contributed by atoms with Crippen molar-refractivity contribution in [3.8, 4) is 0 Å². The van der Waals surface area contributed by atoms with Crippen LogP contribution in [0.5, 0.6) is 0 Å². The summed E-state index contributed by atoms with van der Waals surface area (Å²) in [7, 11) is 0. The quantitative estimate of drug-likeness (QED) is 0.766. The Morgan fingerprint density at radius 2 is 1.86 bits per heavy atom. The molecule has 1 aliphatic heterocycles. The monoisotopic (exact) mass is 294 g/mol. The lowest BCUT2D eigenvalue weighted by atomic mass is 9.94. The Morgan fingerprint density at radius 3 is 2.48 bits per heavy atom. The number of carbonyl (C=O) groups excluding carboxylic acids is 2. The van der Waals surface area contributed by atoms with Gasteiger partial charge in [0.15, 0.2) is 0 Å². The van der Waals surface area contributed by atoms with Gasteiger partial charge in [0.2, 0.25) is 11.8 Å². The fourth-order valence-electron chi connectivity index (χ4n) is 3.69. The lowest BCUT2D eigenvalue weighted by Gasteiger charge is -2.30. The van der Waals surface area contributed by atoms with Crippen molar-refractivity contribution >= 4 is 11.8 Å². The first-order chi connectivity index (χ1) is 10.0. The third-order valence-electron chi connectivity index (χ3n) is 5.06. The molecule has 3 atom stereocenters. The highest BCUT2D eigenvalue weighted by Crippen LogP contribution is 2.27. The Balaban J connectivity index is 1.91. The second-order valence-electron chi connectivity index (χ2n) is 6.97. The van der Waals surface area contributed by atoms with Crippen LogP contribution in [-0.4, -0.2) is 34.8 Å². The number of carbonyl (C=O) groups is 2. The second-order valence-corrected chi connectivity index (χ2v) is 6.97. The van der Waals surface area contributed by atoms with Crippen molar-refractivity contribution in [2.45, 2.75) is 90.3 Å². The molecule has 0 aromatic rings. The minimum Gasteiger partial charge on any atom is -0.303 e. The van der Waals surface area contributed by atoms with Crippen LogP contribution in [0.25, 0.3) is 0 Å². The molecule has 1 heterocycles. The molecule has 0 aromatic heterocycles. The van der Waals surface area contributed by atoms with Gasteiger partial charge in [0.05, 0.1) is 12.5 Å². The minimum absolute atomic E-state index is 0.0166. The summed E-state index contributed by atoms with van der Waals surface area (Å²) in [6, 6.07) is 0.155. The van der Waals surface area contributed by atoms with E-state index in [1.165, 1.54) is 6.42 Å². The predicted octanol–water partition coefficient (Wildman–Crippen LogP) is 2.86. The van der Waals surface area contributed by atoms with Crippen molar-refractivity contribution in [1.29, 1.82) is 0 Å². The van der Waals surface area contributed by atoms with Crippen molar-refractivity contribution in [2.24, 2.45) is 5.92 Å². The van der Waals surface area contributed by atoms with Gasteiger partial charge in [-0.3, -0.25) is 14.5 Å². The van der Waals surface area contributed by atoms with Crippen LogP contribution < -0.4 is 5.32 Å². The van der Waals surface area contributed by atoms with Crippen LogP contribution in [0.1, 0.15) is 72.1 Å². The van der Waals surface area contributed by atoms with Crippen LogP contribution >= 0.6 is 0 Å². The zero-order valence-electron chi connectivity index (χ0n) is 13.7. The van der Waals surface area contributed by atoms with Gasteiger partial charge >= 0.3 is 0 Å². The molecule has 2 rings (SSSR count). The molecule has 3 unspecified atom stereocenters. The number of imide groups is 1. The predicted molar refractivity (Wildman–Crippen MR) is 83.8 cm³/mol. The maximum absolute atomic E-state index is 12.5. The molecule has 1 saturated heterocycles. The molecule has 0 aromatic carbocycles. The number of hydrogen-bond acceptors (Lipinski definition) is 3. The normalized spacial score (nSPS) is 27.2. The number of nitrogens with one attached hydrogen (secondary N) is 1. The molecule has 0 bridgehead atoms. The zero-order chi connectivity index (χ0) is 15.4. The van der Waals surface area contributed by atoms with E-state index >= 15 is 0 Å². The highest BCUT2D eigenvalue weighted by atomic mass is 16.2. The van der Waals surface area contributed by atoms with E-state index in [0.29, 0.717) is 12.3 Å². The molecule has 1 N–H and O–H groups in total. The molecule has 2 fully saturated rings. The average Bonchev–Trinajstić information content (AvgIpc) is 2.74. The molecule has 2 aliphatic rings. The summed E-state index contributed by atoms with van der Waals surface area (Å²) < 4.78 is 0. The molecule has 1 aliphatic carbocycles. The van der Waals surface area contributed by atoms with Crippen molar-refractivity contribution in [2.75, 3.05) is 0 Å². The molecule has 0 spiro atoms. The third kappa shape index (κ3) is 4.06. The summed E-state index contributed by atoms with van der Waals surface area (Å²) in [5, 5.41) is 3.38. The molecule has 21 heavy (non-hydrogen) atoms. The third-order valence-corrected chi connectivity index (χ3v) is 5.06. The van der Waals surface area contributed by atoms with E-state index in [0.717, 1.165) is 38.5 Å². The first-order valence-electron chi connectivity index (χ1n) is 8.64. The van der Waals surface area contributed by atoms with Crippen LogP contribution in [0.15, 0.2) is 0 Å². The number of rotatable bonds is 6. The van der Waals surface area contributed by atoms with Crippen molar-refractivity contribution in [3.63, 3.8) is 0 Å². The fraction of sp³-hybridized carbons (Fsp3) is 0.882. The Morgan fingerprint density at radius 1 is 1.19 bits per heavy atom. The van der Waals surface area contributed by atoms with E-state index in [1.807, 2.05) is 0 Å². The summed E-state index contributed by atoms with van der Waals surface area (Å²) in [6.45, 7) is 6.54. The SMILES string of the molecule is CCC(C)CC(C)NC1CC(=O)N(C2CCCCC2)C1=O. The van der Waals surface area contributed by atoms with E-state index < -0.39 is 0 Å². The van der Waals surface area contributed by atoms with Crippen molar-refractivity contribution in [3.05, 3.63) is 0 Å². The maximum atomic E-state index is 12.5. The van der Waals surface area contributed by atoms with Gasteiger partial charge in [0, 0.05) is 12.1 Å². The van der Waals surface area contributed by atoms with Gasteiger partial charge in [-0.2, -0.15) is 0 Å². The van der Waals surface area contributed by atoms with Crippen molar-refractivity contribution < 1.29 is 9.59 Å². The van der Waals surface area contributed by atoms with Gasteiger partial charge in [-0.1, -0.05) is 39.5 Å². The summed E-state index contributed by atoms with van der Waals surface area (Å²) in [4.78, 5) is 26.3. The number of nitrogens with zero attached hydrogens (tertiary/aromatic N) is 1. The smallest absolute Gasteiger partial charge is 0.247 e. The van der Waals surface area contributed by atoms with Gasteiger partial charge in [-0.25, -0.2) is 0 Å². The Bertz CT molecular complexity index is 377. The zero-order valence-corrected chi connectivity index (χ0v) is 13.7. The topological polar surface area (TPSA) is 49.4 Å². The van der Waals surface area contributed by atoms with E-state index in [1.54, 1.807) is 4.90 Å². The lowest BCUT2D eigenvalue weighted by molar-refractivity contribution is -0.142. The van der Waals surface area contributed by atoms with Gasteiger partial charge in [-0.15, -0.1) is 0 Å². The summed E-state index contributed by atoms with van der Waals surface area (Å²) in [5.74, 6) is 0.692. The van der Waals surface area contributed by atoms with Crippen LogP contribution in [0.3, 0.4) is 0 Å². The number of amides is 2. The Kier molecular flexibility index (Phi) is 5.80. The molecule has 2 amide bonds. The first kappa shape index (κ1) is 16.5. The Labute approximate surface area is 128 Å². The first-order valence-corrected chi connectivity index (χ1v) is 8.64. The largest absolute Gasteiger partial charge is 0.303 e. The second kappa shape index (κ2) is 7.39. The van der Waals surface area contributed by atoms with Gasteiger partial charge in [0.1, 0.15) is 0 Å². The molecule has 0 radical (unpaired) electrons. The maximum Gasteiger partial charge on any atom is 0.247 e. The highest BCUT2D eigenvalue weighted by molar-refractivity contribution is 6.05. The average molecular weight is 294 g/mol. The Hall–Kier alpha value is -0.900. The lowest BCUT2D eigenvalue weighted by Crippen LogP contribution is -2.46. The van der Waals surface area contributed by atoms with Gasteiger partial charge in [-0.05, 0) is 32.1 Å². The van der Waals surface area contributed by atoms with E-state index in [9.17, 15) is 9.59 Å². The van der Waals surface area contributed by atoms with Gasteiger partial charge in [0.25, 0.3) is 0 Å². The standard InChI is InChI=1S/C17H30N2O2/c1-4-12(2)10-13(3)18-15-11-16(20)19(17(15)21)14-8-6-5-7-9-14/h12-15,18H,4-11H2,1-3H3. The fourth-order valence-corrected chi connectivity index (χ4v) is 3.69. The number of likely N-dealkylation sites (tertiary alicyclic amines) is 1. The van der Waals surface area contributed by atoms with Crippen LogP contribution in [0.4, 0.5) is 0 Å². The van der Waals surface area contributed by atoms with E-state index in [4.69, 9.17) is 0 Å². The van der Waals surface area contributed by atoms with Crippen LogP contribution in [0, 0.1) is 5.92 Å². The van der Waals surface area contributed by atoms with E-state index in [-0.39, 0.29) is 29.9 Å². The van der Waals surface area contributed by atoms with Gasteiger partial charge < -0.3 is 5.32 Å². The van der Waals surface area contributed by atoms with E-state index in [2.05, 4.69) is 26.1 Å². The summed E-state index contributed by atoms with van der Waals surface area (Å²) >= 11 is 0. The summed E-state index contributed by atoms with van der Waals surface area (Å²) in [5.41, 5.74) is 0. The minimum atomic E-state index is -0.293. The number of hydrogen-bond donors (Lipinski definition) is 1. The van der Waals surface area contributed by atoms with Crippen LogP contribution in [0.2, 0.25) is 0 Å². The molecule has 1 saturated carbocycles. The van der Waals surface area contributed by atoms with Crippen LogP contribution in [-0.2, 0) is 9.59 Å². The molecular formula is C17H30N2O2. The molecule has 120 valence electrons. The molecule has 4 heteroatoms. The highest BCUT2D eigenvalue weighted by Gasteiger charge is 2.42.